The molecule has 3 amide bonds. The molecule has 3 rings (SSSR count). The third-order valence-corrected chi connectivity index (χ3v) is 5.99. The summed E-state index contributed by atoms with van der Waals surface area (Å²) in [5.41, 5.74) is 6.30. The minimum absolute atomic E-state index is 0.00595. The summed E-state index contributed by atoms with van der Waals surface area (Å²) >= 11 is 1.27. The summed E-state index contributed by atoms with van der Waals surface area (Å²) < 4.78 is 5.28. The number of primary amides is 1. The van der Waals surface area contributed by atoms with Crippen LogP contribution in [0.3, 0.4) is 0 Å². The highest BCUT2D eigenvalue weighted by atomic mass is 32.1. The van der Waals surface area contributed by atoms with Crippen LogP contribution in [0.15, 0.2) is 35.7 Å². The molecule has 30 heavy (non-hydrogen) atoms. The van der Waals surface area contributed by atoms with Gasteiger partial charge in [0, 0.05) is 18.9 Å². The van der Waals surface area contributed by atoms with Gasteiger partial charge in [-0.3, -0.25) is 14.4 Å². The molecule has 0 unspecified atom stereocenters. The second kappa shape index (κ2) is 10.2. The van der Waals surface area contributed by atoms with E-state index in [1.54, 1.807) is 18.6 Å². The van der Waals surface area contributed by atoms with Crippen LogP contribution in [0.5, 0.6) is 5.75 Å². The molecule has 9 heteroatoms. The fraction of sp³-hybridized carbons (Fsp3) is 0.381. The molecule has 1 aromatic carbocycles. The number of hydrogen-bond acceptors (Lipinski definition) is 6. The number of para-hydroxylation sites is 2. The Balaban J connectivity index is 1.42. The normalized spacial score (nSPS) is 14.8. The van der Waals surface area contributed by atoms with Crippen LogP contribution < -0.4 is 21.1 Å². The Bertz CT molecular complexity index is 906. The zero-order valence-electron chi connectivity index (χ0n) is 16.8. The number of methoxy groups -OCH3 is 1. The molecule has 0 atom stereocenters. The minimum atomic E-state index is -0.556. The number of likely N-dealkylation sites (tertiary alicyclic amines) is 1. The van der Waals surface area contributed by atoms with Gasteiger partial charge in [-0.25, -0.2) is 0 Å². The minimum Gasteiger partial charge on any atom is -0.495 e. The second-order valence-electron chi connectivity index (χ2n) is 7.13. The van der Waals surface area contributed by atoms with Gasteiger partial charge < -0.3 is 26.0 Å². The van der Waals surface area contributed by atoms with Crippen molar-refractivity contribution in [1.29, 1.82) is 0 Å². The highest BCUT2D eigenvalue weighted by molar-refractivity contribution is 7.14. The molecule has 0 saturated carbocycles. The highest BCUT2D eigenvalue weighted by Crippen LogP contribution is 2.26. The van der Waals surface area contributed by atoms with E-state index in [1.165, 1.54) is 11.3 Å². The molecule has 0 bridgehead atoms. The number of amides is 3. The lowest BCUT2D eigenvalue weighted by atomic mass is 9.95. The van der Waals surface area contributed by atoms with Crippen molar-refractivity contribution in [3.8, 4) is 5.75 Å². The molecule has 160 valence electrons. The van der Waals surface area contributed by atoms with E-state index in [4.69, 9.17) is 10.5 Å². The number of nitrogens with one attached hydrogen (secondary N) is 2. The smallest absolute Gasteiger partial charge is 0.251 e. The molecule has 2 aromatic rings. The Morgan fingerprint density at radius 3 is 2.60 bits per heavy atom. The van der Waals surface area contributed by atoms with E-state index in [-0.39, 0.29) is 17.7 Å². The van der Waals surface area contributed by atoms with Gasteiger partial charge in [-0.2, -0.15) is 0 Å². The summed E-state index contributed by atoms with van der Waals surface area (Å²) in [6.45, 7) is 2.11. The Hall–Kier alpha value is -2.91. The van der Waals surface area contributed by atoms with Crippen molar-refractivity contribution in [2.75, 3.05) is 37.4 Å². The number of rotatable bonds is 8. The zero-order valence-corrected chi connectivity index (χ0v) is 17.7. The third kappa shape index (κ3) is 5.58. The molecule has 0 aliphatic carbocycles. The maximum Gasteiger partial charge on any atom is 0.251 e. The fourth-order valence-corrected chi connectivity index (χ4v) is 4.26. The maximum absolute atomic E-state index is 12.6. The second-order valence-corrected chi connectivity index (χ2v) is 8.05. The number of carbonyl (C=O) groups excluding carboxylic acids is 3. The van der Waals surface area contributed by atoms with Crippen LogP contribution in [0.2, 0.25) is 0 Å². The van der Waals surface area contributed by atoms with Gasteiger partial charge in [0.15, 0.2) is 0 Å². The summed E-state index contributed by atoms with van der Waals surface area (Å²) in [4.78, 5) is 38.3. The maximum atomic E-state index is 12.6. The molecule has 8 nitrogen and oxygen atoms in total. The van der Waals surface area contributed by atoms with Gasteiger partial charge in [0.1, 0.15) is 10.8 Å². The lowest BCUT2D eigenvalue weighted by molar-refractivity contribution is -0.121. The molecule has 1 aromatic heterocycles. The van der Waals surface area contributed by atoms with Crippen molar-refractivity contribution in [3.05, 3.63) is 41.3 Å². The van der Waals surface area contributed by atoms with E-state index >= 15 is 0 Å². The van der Waals surface area contributed by atoms with Crippen LogP contribution in [0.25, 0.3) is 0 Å². The predicted molar refractivity (Wildman–Crippen MR) is 117 cm³/mol. The summed E-state index contributed by atoms with van der Waals surface area (Å²) in [6, 6.07) is 8.95. The van der Waals surface area contributed by atoms with Crippen molar-refractivity contribution < 1.29 is 19.1 Å². The van der Waals surface area contributed by atoms with Crippen LogP contribution >= 0.6 is 11.3 Å². The molecular formula is C21H26N4O4S. The molecular weight excluding hydrogens is 404 g/mol. The lowest BCUT2D eigenvalue weighted by Gasteiger charge is -2.31. The summed E-state index contributed by atoms with van der Waals surface area (Å²) in [5, 5.41) is 7.91. The first-order valence-corrected chi connectivity index (χ1v) is 10.7. The van der Waals surface area contributed by atoms with Gasteiger partial charge in [-0.15, -0.1) is 11.3 Å². The van der Waals surface area contributed by atoms with Crippen LogP contribution in [0.4, 0.5) is 10.7 Å². The number of thiophene rings is 1. The van der Waals surface area contributed by atoms with Gasteiger partial charge in [-0.05, 0) is 49.5 Å². The Kier molecular flexibility index (Phi) is 7.42. The van der Waals surface area contributed by atoms with E-state index in [2.05, 4.69) is 15.5 Å². The van der Waals surface area contributed by atoms with Crippen molar-refractivity contribution in [1.82, 2.24) is 4.90 Å². The molecule has 0 radical (unpaired) electrons. The number of benzene rings is 1. The number of ether oxygens (including phenoxy) is 1. The van der Waals surface area contributed by atoms with Gasteiger partial charge >= 0.3 is 0 Å². The molecule has 1 aliphatic heterocycles. The quantitative estimate of drug-likeness (QED) is 0.596. The fourth-order valence-electron chi connectivity index (χ4n) is 3.45. The van der Waals surface area contributed by atoms with Gasteiger partial charge in [0.05, 0.1) is 18.4 Å². The van der Waals surface area contributed by atoms with E-state index in [0.717, 1.165) is 25.9 Å². The van der Waals surface area contributed by atoms with Crippen LogP contribution in [0, 0.1) is 5.92 Å². The first-order chi connectivity index (χ1) is 14.5. The first-order valence-electron chi connectivity index (χ1n) is 9.81. The van der Waals surface area contributed by atoms with E-state index < -0.39 is 5.91 Å². The summed E-state index contributed by atoms with van der Waals surface area (Å²) in [5.74, 6) is -0.145. The number of hydrogen-bond donors (Lipinski definition) is 3. The monoisotopic (exact) mass is 430 g/mol. The zero-order chi connectivity index (χ0) is 21.5. The molecule has 4 N–H and O–H groups in total. The van der Waals surface area contributed by atoms with Crippen molar-refractivity contribution in [3.63, 3.8) is 0 Å². The first kappa shape index (κ1) is 21.8. The number of nitrogens with zero attached hydrogens (tertiary/aromatic N) is 1. The molecule has 0 spiro atoms. The molecule has 2 heterocycles. The van der Waals surface area contributed by atoms with Crippen LogP contribution in [0.1, 0.15) is 29.6 Å². The SMILES string of the molecule is COc1ccccc1NC(=O)C1CCN(CCC(=O)Nc2sccc2C(N)=O)CC1. The summed E-state index contributed by atoms with van der Waals surface area (Å²) in [6.07, 6.45) is 1.78. The average molecular weight is 431 g/mol. The highest BCUT2D eigenvalue weighted by Gasteiger charge is 2.26. The van der Waals surface area contributed by atoms with Crippen molar-refractivity contribution in [2.24, 2.45) is 11.7 Å². The number of piperidine rings is 1. The largest absolute Gasteiger partial charge is 0.495 e. The van der Waals surface area contributed by atoms with E-state index in [1.807, 2.05) is 24.3 Å². The van der Waals surface area contributed by atoms with Crippen molar-refractivity contribution in [2.45, 2.75) is 19.3 Å². The van der Waals surface area contributed by atoms with Crippen molar-refractivity contribution >= 4 is 39.7 Å². The Labute approximate surface area is 179 Å². The average Bonchev–Trinajstić information content (AvgIpc) is 3.21. The third-order valence-electron chi connectivity index (χ3n) is 5.16. The molecule has 1 saturated heterocycles. The van der Waals surface area contributed by atoms with Crippen LogP contribution in [-0.2, 0) is 9.59 Å². The standard InChI is InChI=1S/C21H26N4O4S/c1-29-17-5-3-2-4-16(17)23-20(28)14-6-10-25(11-7-14)12-8-18(26)24-21-15(19(22)27)9-13-30-21/h2-5,9,13-14H,6-8,10-12H2,1H3,(H2,22,27)(H,23,28)(H,24,26). The van der Waals surface area contributed by atoms with Crippen LogP contribution in [-0.4, -0.2) is 49.4 Å². The Morgan fingerprint density at radius 1 is 1.17 bits per heavy atom. The van der Waals surface area contributed by atoms with E-state index in [9.17, 15) is 14.4 Å². The number of anilines is 2. The predicted octanol–water partition coefficient (Wildman–Crippen LogP) is 2.53. The Morgan fingerprint density at radius 2 is 1.90 bits per heavy atom. The number of nitrogens with two attached hydrogens (primary N) is 1. The van der Waals surface area contributed by atoms with Gasteiger partial charge in [0.25, 0.3) is 5.91 Å². The molecule has 1 aliphatic rings. The van der Waals surface area contributed by atoms with E-state index in [0.29, 0.717) is 35.0 Å². The topological polar surface area (TPSA) is 114 Å². The number of carbonyl (C=O) groups is 3. The summed E-state index contributed by atoms with van der Waals surface area (Å²) in [7, 11) is 1.58. The van der Waals surface area contributed by atoms with Gasteiger partial charge in [-0.1, -0.05) is 12.1 Å². The lowest BCUT2D eigenvalue weighted by Crippen LogP contribution is -2.39. The molecule has 1 fully saturated rings. The van der Waals surface area contributed by atoms with Gasteiger partial charge in [0.2, 0.25) is 11.8 Å².